The summed E-state index contributed by atoms with van der Waals surface area (Å²) in [6.07, 6.45) is 4.96. The third kappa shape index (κ3) is 4.90. The number of ether oxygens (including phenoxy) is 1. The fraction of sp³-hybridized carbons (Fsp3) is 0.310. The van der Waals surface area contributed by atoms with E-state index in [2.05, 4.69) is 16.4 Å². The Kier molecular flexibility index (Phi) is 7.21. The number of methoxy groups -OCH3 is 1. The molecule has 2 heterocycles. The Morgan fingerprint density at radius 2 is 1.89 bits per heavy atom. The van der Waals surface area contributed by atoms with Gasteiger partial charge < -0.3 is 10.1 Å². The number of pyridine rings is 1. The molecule has 0 unspecified atom stereocenters. The predicted octanol–water partition coefficient (Wildman–Crippen LogP) is 5.02. The van der Waals surface area contributed by atoms with Crippen molar-refractivity contribution in [1.82, 2.24) is 19.4 Å². The van der Waals surface area contributed by atoms with E-state index in [1.54, 1.807) is 42.9 Å². The zero-order valence-corrected chi connectivity index (χ0v) is 22.0. The number of aromatic nitrogens is 3. The minimum Gasteiger partial charge on any atom is -0.497 e. The largest absolute Gasteiger partial charge is 0.497 e. The Bertz CT molecular complexity index is 1610. The molecule has 1 N–H and O–H groups in total. The first-order chi connectivity index (χ1) is 18.4. The zero-order valence-electron chi connectivity index (χ0n) is 21.3. The smallest absolute Gasteiger partial charge is 0.333 e. The summed E-state index contributed by atoms with van der Waals surface area (Å²) in [6.45, 7) is 2.37. The van der Waals surface area contributed by atoms with Crippen LogP contribution in [-0.4, -0.2) is 33.2 Å². The molecular weight excluding hydrogens is 502 g/mol. The molecule has 0 spiro atoms. The minimum absolute atomic E-state index is 0.0627. The summed E-state index contributed by atoms with van der Waals surface area (Å²) >= 11 is 6.03. The summed E-state index contributed by atoms with van der Waals surface area (Å²) in [6, 6.07) is 16.7. The highest BCUT2D eigenvalue weighted by atomic mass is 35.5. The van der Waals surface area contributed by atoms with Crippen LogP contribution in [0.1, 0.15) is 47.3 Å². The Balaban J connectivity index is 1.35. The second kappa shape index (κ2) is 10.7. The van der Waals surface area contributed by atoms with E-state index in [1.165, 1.54) is 6.20 Å². The molecule has 1 aliphatic carbocycles. The van der Waals surface area contributed by atoms with Crippen molar-refractivity contribution in [1.29, 1.82) is 5.26 Å². The summed E-state index contributed by atoms with van der Waals surface area (Å²) in [7, 11) is 1.55. The second-order valence-corrected chi connectivity index (χ2v) is 10.1. The van der Waals surface area contributed by atoms with Gasteiger partial charge in [-0.3, -0.25) is 18.9 Å². The van der Waals surface area contributed by atoms with Gasteiger partial charge >= 0.3 is 5.69 Å². The van der Waals surface area contributed by atoms with Gasteiger partial charge in [0.25, 0.3) is 5.91 Å². The van der Waals surface area contributed by atoms with Crippen molar-refractivity contribution in [2.24, 2.45) is 5.92 Å². The number of hydrogen-bond donors (Lipinski definition) is 1. The fourth-order valence-electron chi connectivity index (χ4n) is 5.29. The Hall–Kier alpha value is -4.09. The van der Waals surface area contributed by atoms with E-state index in [0.29, 0.717) is 45.7 Å². The maximum atomic E-state index is 13.7. The van der Waals surface area contributed by atoms with Crippen molar-refractivity contribution in [3.8, 4) is 17.5 Å². The van der Waals surface area contributed by atoms with E-state index in [9.17, 15) is 14.9 Å². The number of aryl methyl sites for hydroxylation is 1. The van der Waals surface area contributed by atoms with Crippen LogP contribution in [0, 0.1) is 24.2 Å². The molecule has 2 aromatic heterocycles. The Labute approximate surface area is 225 Å². The number of carbonyl (C=O) groups excluding carboxylic acids is 1. The van der Waals surface area contributed by atoms with Crippen LogP contribution in [0.2, 0.25) is 5.02 Å². The van der Waals surface area contributed by atoms with Gasteiger partial charge in [0.05, 0.1) is 45.7 Å². The standard InChI is InChI=1S/C29H28ClN5O3/c1-18-24(14-21(30)16-32-18)28(36)33-22-9-7-19(8-10-22)17-34-26-5-3-4-6-27(26)35(29(34)37)25-12-11-23(38-2)13-20(25)15-31/h3-6,11-14,16,19,22H,7-10,17H2,1-2H3,(H,33,36)/t19-,22-. The van der Waals surface area contributed by atoms with E-state index in [1.807, 2.05) is 28.8 Å². The fourth-order valence-corrected chi connectivity index (χ4v) is 5.45. The number of nitrogens with one attached hydrogen (secondary N) is 1. The van der Waals surface area contributed by atoms with Crippen molar-refractivity contribution >= 4 is 28.5 Å². The number of para-hydroxylation sites is 2. The third-order valence-electron chi connectivity index (χ3n) is 7.32. The highest BCUT2D eigenvalue weighted by Crippen LogP contribution is 2.29. The summed E-state index contributed by atoms with van der Waals surface area (Å²) < 4.78 is 8.68. The van der Waals surface area contributed by atoms with Gasteiger partial charge in [-0.1, -0.05) is 23.7 Å². The maximum absolute atomic E-state index is 13.7. The van der Waals surface area contributed by atoms with Crippen LogP contribution >= 0.6 is 11.6 Å². The molecule has 4 aromatic rings. The van der Waals surface area contributed by atoms with Crippen molar-refractivity contribution < 1.29 is 9.53 Å². The third-order valence-corrected chi connectivity index (χ3v) is 7.53. The van der Waals surface area contributed by atoms with Gasteiger partial charge in [-0.05, 0) is 68.9 Å². The second-order valence-electron chi connectivity index (χ2n) is 9.69. The lowest BCUT2D eigenvalue weighted by Gasteiger charge is -2.29. The lowest BCUT2D eigenvalue weighted by Crippen LogP contribution is -2.39. The first-order valence-corrected chi connectivity index (χ1v) is 13.0. The average molecular weight is 530 g/mol. The lowest BCUT2D eigenvalue weighted by molar-refractivity contribution is 0.0919. The SMILES string of the molecule is COc1ccc(-n2c(=O)n(C[C@H]3CC[C@H](NC(=O)c4cc(Cl)cnc4C)CC3)c3ccccc32)c(C#N)c1. The summed E-state index contributed by atoms with van der Waals surface area (Å²) in [4.78, 5) is 30.7. The molecule has 9 heteroatoms. The van der Waals surface area contributed by atoms with Gasteiger partial charge in [0.15, 0.2) is 0 Å². The van der Waals surface area contributed by atoms with E-state index >= 15 is 0 Å². The number of benzene rings is 2. The molecule has 8 nitrogen and oxygen atoms in total. The molecule has 0 radical (unpaired) electrons. The summed E-state index contributed by atoms with van der Waals surface area (Å²) in [5.74, 6) is 0.696. The van der Waals surface area contributed by atoms with Gasteiger partial charge in [0, 0.05) is 24.8 Å². The maximum Gasteiger partial charge on any atom is 0.333 e. The molecule has 38 heavy (non-hydrogen) atoms. The van der Waals surface area contributed by atoms with E-state index in [4.69, 9.17) is 16.3 Å². The molecule has 0 atom stereocenters. The van der Waals surface area contributed by atoms with Gasteiger partial charge in [-0.15, -0.1) is 0 Å². The molecule has 1 saturated carbocycles. The minimum atomic E-state index is -0.174. The first-order valence-electron chi connectivity index (χ1n) is 12.6. The molecule has 1 amide bonds. The molecular formula is C29H28ClN5O3. The van der Waals surface area contributed by atoms with Gasteiger partial charge in [-0.2, -0.15) is 5.26 Å². The molecule has 2 aromatic carbocycles. The highest BCUT2D eigenvalue weighted by Gasteiger charge is 2.26. The molecule has 5 rings (SSSR count). The van der Waals surface area contributed by atoms with Crippen molar-refractivity contribution in [3.05, 3.63) is 87.1 Å². The predicted molar refractivity (Wildman–Crippen MR) is 146 cm³/mol. The van der Waals surface area contributed by atoms with Crippen LogP contribution in [0.25, 0.3) is 16.7 Å². The van der Waals surface area contributed by atoms with Crippen LogP contribution in [-0.2, 0) is 6.54 Å². The number of imidazole rings is 1. The van der Waals surface area contributed by atoms with E-state index in [0.717, 1.165) is 36.7 Å². The average Bonchev–Trinajstić information content (AvgIpc) is 3.21. The highest BCUT2D eigenvalue weighted by molar-refractivity contribution is 6.30. The van der Waals surface area contributed by atoms with Crippen LogP contribution in [0.15, 0.2) is 59.5 Å². The number of halogens is 1. The lowest BCUT2D eigenvalue weighted by atomic mass is 9.85. The van der Waals surface area contributed by atoms with Gasteiger partial charge in [0.2, 0.25) is 0 Å². The van der Waals surface area contributed by atoms with Gasteiger partial charge in [0.1, 0.15) is 11.8 Å². The molecule has 0 bridgehead atoms. The normalized spacial score (nSPS) is 17.2. The zero-order chi connectivity index (χ0) is 26.8. The van der Waals surface area contributed by atoms with Crippen molar-refractivity contribution in [2.45, 2.75) is 45.2 Å². The van der Waals surface area contributed by atoms with Gasteiger partial charge in [-0.25, -0.2) is 4.79 Å². The number of fused-ring (bicyclic) bond motifs is 1. The van der Waals surface area contributed by atoms with Crippen LogP contribution in [0.5, 0.6) is 5.75 Å². The monoisotopic (exact) mass is 529 g/mol. The summed E-state index contributed by atoms with van der Waals surface area (Å²) in [5, 5.41) is 13.3. The molecule has 0 aliphatic heterocycles. The Morgan fingerprint density at radius 3 is 2.61 bits per heavy atom. The molecule has 194 valence electrons. The molecule has 1 fully saturated rings. The summed E-state index contributed by atoms with van der Waals surface area (Å²) in [5.41, 5.74) is 3.46. The van der Waals surface area contributed by atoms with Crippen molar-refractivity contribution in [2.75, 3.05) is 7.11 Å². The van der Waals surface area contributed by atoms with Crippen molar-refractivity contribution in [3.63, 3.8) is 0 Å². The van der Waals surface area contributed by atoms with E-state index in [-0.39, 0.29) is 17.6 Å². The Morgan fingerprint density at radius 1 is 1.16 bits per heavy atom. The van der Waals surface area contributed by atoms with E-state index < -0.39 is 0 Å². The first kappa shape index (κ1) is 25.6. The molecule has 1 aliphatic rings. The van der Waals surface area contributed by atoms with Crippen LogP contribution in [0.3, 0.4) is 0 Å². The topological polar surface area (TPSA) is 102 Å². The number of nitrogens with zero attached hydrogens (tertiary/aromatic N) is 4. The van der Waals surface area contributed by atoms with Crippen LogP contribution < -0.4 is 15.7 Å². The molecule has 0 saturated heterocycles. The number of nitriles is 1. The quantitative estimate of drug-likeness (QED) is 0.378. The number of rotatable bonds is 6. The van der Waals surface area contributed by atoms with Crippen LogP contribution in [0.4, 0.5) is 0 Å². The number of carbonyl (C=O) groups is 1. The number of amides is 1. The number of hydrogen-bond acceptors (Lipinski definition) is 5.